The van der Waals surface area contributed by atoms with Gasteiger partial charge < -0.3 is 9.80 Å². The number of pyridine rings is 1. The zero-order chi connectivity index (χ0) is 19.9. The number of amides is 1. The summed E-state index contributed by atoms with van der Waals surface area (Å²) in [5, 5.41) is 2.05. The van der Waals surface area contributed by atoms with Crippen molar-refractivity contribution in [3.05, 3.63) is 44.7 Å². The van der Waals surface area contributed by atoms with Crippen molar-refractivity contribution in [3.63, 3.8) is 0 Å². The Hall–Kier alpha value is -1.80. The molecule has 2 aliphatic rings. The molecule has 0 bridgehead atoms. The number of nitrogens with zero attached hydrogens (tertiary/aromatic N) is 3. The molecular formula is C19H19ClF3N3OS. The van der Waals surface area contributed by atoms with Gasteiger partial charge in [-0.25, -0.2) is 4.98 Å². The van der Waals surface area contributed by atoms with Crippen LogP contribution in [0.25, 0.3) is 0 Å². The highest BCUT2D eigenvalue weighted by atomic mass is 35.5. The number of halogens is 4. The van der Waals surface area contributed by atoms with Crippen LogP contribution in [-0.2, 0) is 23.9 Å². The molecule has 9 heteroatoms. The van der Waals surface area contributed by atoms with Crippen LogP contribution in [0, 0.1) is 5.92 Å². The van der Waals surface area contributed by atoms with Crippen LogP contribution in [-0.4, -0.2) is 35.4 Å². The van der Waals surface area contributed by atoms with E-state index in [1.165, 1.54) is 10.4 Å². The number of hydrogen-bond donors (Lipinski definition) is 0. The maximum atomic E-state index is 12.9. The molecule has 1 amide bonds. The van der Waals surface area contributed by atoms with Crippen molar-refractivity contribution in [3.8, 4) is 0 Å². The molecule has 0 aliphatic carbocycles. The molecule has 1 fully saturated rings. The second kappa shape index (κ2) is 7.55. The minimum absolute atomic E-state index is 0.0133. The number of carbonyl (C=O) groups excluding carboxylic acids is 1. The zero-order valence-electron chi connectivity index (χ0n) is 15.0. The maximum Gasteiger partial charge on any atom is 0.417 e. The first kappa shape index (κ1) is 19.5. The third-order valence-corrected chi connectivity index (χ3v) is 6.71. The van der Waals surface area contributed by atoms with E-state index in [0.717, 1.165) is 25.2 Å². The molecule has 2 aliphatic heterocycles. The lowest BCUT2D eigenvalue weighted by atomic mass is 9.94. The molecule has 2 aromatic heterocycles. The summed E-state index contributed by atoms with van der Waals surface area (Å²) in [7, 11) is 0. The number of carbonyl (C=O) groups is 1. The smallest absolute Gasteiger partial charge is 0.355 e. The molecule has 0 aromatic carbocycles. The van der Waals surface area contributed by atoms with E-state index >= 15 is 0 Å². The third kappa shape index (κ3) is 3.85. The summed E-state index contributed by atoms with van der Waals surface area (Å²) in [6.07, 6.45) is -1.46. The quantitative estimate of drug-likeness (QED) is 0.699. The largest absolute Gasteiger partial charge is 0.417 e. The van der Waals surface area contributed by atoms with E-state index in [1.807, 2.05) is 9.80 Å². The van der Waals surface area contributed by atoms with Gasteiger partial charge in [-0.1, -0.05) is 11.6 Å². The van der Waals surface area contributed by atoms with Gasteiger partial charge in [0.15, 0.2) is 0 Å². The first-order valence-electron chi connectivity index (χ1n) is 9.14. The van der Waals surface area contributed by atoms with Crippen molar-refractivity contribution in [2.45, 2.75) is 32.0 Å². The van der Waals surface area contributed by atoms with Crippen LogP contribution in [0.1, 0.15) is 28.8 Å². The Kier molecular flexibility index (Phi) is 5.26. The van der Waals surface area contributed by atoms with Gasteiger partial charge in [-0.15, -0.1) is 11.3 Å². The van der Waals surface area contributed by atoms with E-state index in [1.54, 1.807) is 11.3 Å². The van der Waals surface area contributed by atoms with E-state index in [-0.39, 0.29) is 16.8 Å². The Morgan fingerprint density at radius 1 is 1.25 bits per heavy atom. The summed E-state index contributed by atoms with van der Waals surface area (Å²) < 4.78 is 38.3. The summed E-state index contributed by atoms with van der Waals surface area (Å²) in [6.45, 7) is 2.51. The lowest BCUT2D eigenvalue weighted by Crippen LogP contribution is -2.44. The number of fused-ring (bicyclic) bond motifs is 1. The topological polar surface area (TPSA) is 36.4 Å². The molecule has 0 unspecified atom stereocenters. The highest BCUT2D eigenvalue weighted by Crippen LogP contribution is 2.35. The standard InChI is InChI=1S/C19H19ClF3N3OS/c20-15-9-14(19(21,22)23)10-24-17(15)25-5-1-12(2-6-25)18(27)26-7-3-16-13(11-26)4-8-28-16/h4,8-10,12H,1-3,5-7,11H2. The first-order valence-corrected chi connectivity index (χ1v) is 10.4. The summed E-state index contributed by atoms with van der Waals surface area (Å²) in [4.78, 5) is 22.0. The Balaban J connectivity index is 1.38. The second-order valence-corrected chi connectivity index (χ2v) is 8.58. The highest BCUT2D eigenvalue weighted by molar-refractivity contribution is 7.10. The summed E-state index contributed by atoms with van der Waals surface area (Å²) >= 11 is 7.79. The van der Waals surface area contributed by atoms with E-state index in [0.29, 0.717) is 38.3 Å². The molecule has 0 atom stereocenters. The van der Waals surface area contributed by atoms with Gasteiger partial charge in [0.25, 0.3) is 0 Å². The van der Waals surface area contributed by atoms with E-state index in [4.69, 9.17) is 11.6 Å². The molecule has 2 aromatic rings. The molecular weight excluding hydrogens is 411 g/mol. The molecule has 0 radical (unpaired) electrons. The van der Waals surface area contributed by atoms with E-state index < -0.39 is 11.7 Å². The summed E-state index contributed by atoms with van der Waals surface area (Å²) in [6, 6.07) is 2.99. The van der Waals surface area contributed by atoms with Gasteiger partial charge in [0, 0.05) is 43.2 Å². The number of aromatic nitrogens is 1. The molecule has 4 heterocycles. The van der Waals surface area contributed by atoms with Crippen molar-refractivity contribution in [1.82, 2.24) is 9.88 Å². The summed E-state index contributed by atoms with van der Waals surface area (Å²) in [5.41, 5.74) is 0.381. The number of rotatable bonds is 2. The Labute approximate surface area is 169 Å². The third-order valence-electron chi connectivity index (χ3n) is 5.41. The van der Waals surface area contributed by atoms with Crippen LogP contribution in [0.3, 0.4) is 0 Å². The number of alkyl halides is 3. The van der Waals surface area contributed by atoms with Crippen LogP contribution < -0.4 is 4.90 Å². The van der Waals surface area contributed by atoms with Gasteiger partial charge in [-0.05, 0) is 42.3 Å². The van der Waals surface area contributed by atoms with Crippen LogP contribution in [0.5, 0.6) is 0 Å². The van der Waals surface area contributed by atoms with Gasteiger partial charge in [0.2, 0.25) is 5.91 Å². The molecule has 0 N–H and O–H groups in total. The molecule has 1 saturated heterocycles. The maximum absolute atomic E-state index is 12.9. The Morgan fingerprint density at radius 3 is 2.68 bits per heavy atom. The van der Waals surface area contributed by atoms with E-state index in [2.05, 4.69) is 16.4 Å². The van der Waals surface area contributed by atoms with Crippen LogP contribution >= 0.6 is 22.9 Å². The van der Waals surface area contributed by atoms with Gasteiger partial charge in [0.05, 0.1) is 10.6 Å². The van der Waals surface area contributed by atoms with Crippen molar-refractivity contribution in [2.75, 3.05) is 24.5 Å². The number of piperidine rings is 1. The second-order valence-electron chi connectivity index (χ2n) is 7.17. The molecule has 28 heavy (non-hydrogen) atoms. The first-order chi connectivity index (χ1) is 13.3. The SMILES string of the molecule is O=C(C1CCN(c2ncc(C(F)(F)F)cc2Cl)CC1)N1CCc2sccc2C1. The average Bonchev–Trinajstić information content (AvgIpc) is 3.14. The predicted octanol–water partition coefficient (Wildman–Crippen LogP) is 4.62. The Morgan fingerprint density at radius 2 is 2.00 bits per heavy atom. The van der Waals surface area contributed by atoms with Gasteiger partial charge in [0.1, 0.15) is 5.82 Å². The van der Waals surface area contributed by atoms with Gasteiger partial charge in [-0.2, -0.15) is 13.2 Å². The predicted molar refractivity (Wildman–Crippen MR) is 103 cm³/mol. The number of anilines is 1. The van der Waals surface area contributed by atoms with Crippen molar-refractivity contribution in [2.24, 2.45) is 5.92 Å². The zero-order valence-corrected chi connectivity index (χ0v) is 16.6. The van der Waals surface area contributed by atoms with Crippen LogP contribution in [0.15, 0.2) is 23.7 Å². The Bertz CT molecular complexity index is 878. The fourth-order valence-corrected chi connectivity index (χ4v) is 5.03. The molecule has 0 spiro atoms. The van der Waals surface area contributed by atoms with Gasteiger partial charge >= 0.3 is 6.18 Å². The lowest BCUT2D eigenvalue weighted by Gasteiger charge is -2.36. The fraction of sp³-hybridized carbons (Fsp3) is 0.474. The lowest BCUT2D eigenvalue weighted by molar-refractivity contribution is -0.138. The molecule has 150 valence electrons. The monoisotopic (exact) mass is 429 g/mol. The average molecular weight is 430 g/mol. The van der Waals surface area contributed by atoms with Crippen molar-refractivity contribution in [1.29, 1.82) is 0 Å². The van der Waals surface area contributed by atoms with Crippen molar-refractivity contribution < 1.29 is 18.0 Å². The number of thiophene rings is 1. The molecule has 4 rings (SSSR count). The fourth-order valence-electron chi connectivity index (χ4n) is 3.85. The summed E-state index contributed by atoms with van der Waals surface area (Å²) in [5.74, 6) is 0.453. The minimum Gasteiger partial charge on any atom is -0.355 e. The normalized spacial score (nSPS) is 18.3. The van der Waals surface area contributed by atoms with Gasteiger partial charge in [-0.3, -0.25) is 4.79 Å². The van der Waals surface area contributed by atoms with Crippen molar-refractivity contribution >= 4 is 34.7 Å². The number of hydrogen-bond acceptors (Lipinski definition) is 4. The van der Waals surface area contributed by atoms with E-state index in [9.17, 15) is 18.0 Å². The molecule has 4 nitrogen and oxygen atoms in total. The van der Waals surface area contributed by atoms with Crippen LogP contribution in [0.2, 0.25) is 5.02 Å². The highest BCUT2D eigenvalue weighted by Gasteiger charge is 2.34. The molecule has 0 saturated carbocycles. The minimum atomic E-state index is -4.47. The van der Waals surface area contributed by atoms with Crippen LogP contribution in [0.4, 0.5) is 19.0 Å².